The lowest BCUT2D eigenvalue weighted by molar-refractivity contribution is -0.139. The number of hydrogen-bond donors (Lipinski definition) is 0. The minimum atomic E-state index is -0.798. The predicted octanol–water partition coefficient (Wildman–Crippen LogP) is 2.82. The molecular formula is C26H26N2O6S. The smallest absolute Gasteiger partial charge is 0.338 e. The van der Waals surface area contributed by atoms with Crippen LogP contribution in [0.15, 0.2) is 63.5 Å². The Kier molecular flexibility index (Phi) is 7.07. The zero-order valence-electron chi connectivity index (χ0n) is 20.2. The summed E-state index contributed by atoms with van der Waals surface area (Å²) in [4.78, 5) is 31.9. The van der Waals surface area contributed by atoms with Gasteiger partial charge in [0, 0.05) is 5.56 Å². The summed E-state index contributed by atoms with van der Waals surface area (Å²) >= 11 is 1.26. The molecule has 0 N–H and O–H groups in total. The van der Waals surface area contributed by atoms with Crippen LogP contribution >= 0.6 is 11.3 Å². The predicted molar refractivity (Wildman–Crippen MR) is 133 cm³/mol. The van der Waals surface area contributed by atoms with Crippen LogP contribution in [0.5, 0.6) is 17.2 Å². The molecule has 0 spiro atoms. The van der Waals surface area contributed by atoms with E-state index in [1.54, 1.807) is 59.5 Å². The van der Waals surface area contributed by atoms with Gasteiger partial charge in [0.2, 0.25) is 0 Å². The molecule has 0 radical (unpaired) electrons. The summed E-state index contributed by atoms with van der Waals surface area (Å²) in [5, 5.41) is 0. The number of esters is 1. The molecule has 0 saturated carbocycles. The molecule has 1 atom stereocenters. The molecule has 8 nitrogen and oxygen atoms in total. The standard InChI is InChI=1S/C26H26N2O6S/c1-6-34-25(30)22-15(2)27-26-28(23(22)19-14-18(32-4)11-12-20(19)33-5)24(29)21(35-26)13-16-7-9-17(31-3)10-8-16/h7-14,23H,6H2,1-5H3/b21-13+/t23-/m0/s1. The fraction of sp³-hybridized carbons (Fsp3) is 0.269. The summed E-state index contributed by atoms with van der Waals surface area (Å²) in [6.07, 6.45) is 1.80. The average molecular weight is 495 g/mol. The number of carbonyl (C=O) groups is 1. The van der Waals surface area contributed by atoms with Crippen LogP contribution in [0.3, 0.4) is 0 Å². The van der Waals surface area contributed by atoms with Gasteiger partial charge in [0.05, 0.1) is 43.7 Å². The van der Waals surface area contributed by atoms with Gasteiger partial charge in [-0.25, -0.2) is 9.79 Å². The number of benzene rings is 2. The molecule has 182 valence electrons. The Morgan fingerprint density at radius 3 is 2.37 bits per heavy atom. The molecule has 0 fully saturated rings. The minimum absolute atomic E-state index is 0.194. The van der Waals surface area contributed by atoms with Crippen LogP contribution < -0.4 is 29.1 Å². The van der Waals surface area contributed by atoms with Crippen molar-refractivity contribution >= 4 is 23.4 Å². The summed E-state index contributed by atoms with van der Waals surface area (Å²) in [5.74, 6) is 1.27. The third-order valence-electron chi connectivity index (χ3n) is 5.66. The van der Waals surface area contributed by atoms with Gasteiger partial charge >= 0.3 is 5.97 Å². The lowest BCUT2D eigenvalue weighted by atomic mass is 9.94. The molecule has 2 heterocycles. The van der Waals surface area contributed by atoms with E-state index in [4.69, 9.17) is 18.9 Å². The third-order valence-corrected chi connectivity index (χ3v) is 6.64. The van der Waals surface area contributed by atoms with Gasteiger partial charge in [0.15, 0.2) is 4.80 Å². The van der Waals surface area contributed by atoms with Crippen molar-refractivity contribution < 1.29 is 23.7 Å². The van der Waals surface area contributed by atoms with E-state index in [1.165, 1.54) is 15.9 Å². The lowest BCUT2D eigenvalue weighted by Crippen LogP contribution is -2.40. The van der Waals surface area contributed by atoms with E-state index in [0.717, 1.165) is 11.3 Å². The van der Waals surface area contributed by atoms with Crippen molar-refractivity contribution in [1.29, 1.82) is 0 Å². The quantitative estimate of drug-likeness (QED) is 0.470. The number of thiazole rings is 1. The van der Waals surface area contributed by atoms with Gasteiger partial charge in [0.25, 0.3) is 5.56 Å². The maximum Gasteiger partial charge on any atom is 0.338 e. The van der Waals surface area contributed by atoms with Gasteiger partial charge in [0.1, 0.15) is 23.3 Å². The second-order valence-corrected chi connectivity index (χ2v) is 8.69. The van der Waals surface area contributed by atoms with Crippen LogP contribution in [-0.4, -0.2) is 38.5 Å². The minimum Gasteiger partial charge on any atom is -0.497 e. The lowest BCUT2D eigenvalue weighted by Gasteiger charge is -2.26. The Morgan fingerprint density at radius 2 is 1.74 bits per heavy atom. The van der Waals surface area contributed by atoms with Gasteiger partial charge in [-0.05, 0) is 55.8 Å². The first kappa shape index (κ1) is 24.3. The molecule has 0 bridgehead atoms. The number of carbonyl (C=O) groups excluding carboxylic acids is 1. The average Bonchev–Trinajstić information content (AvgIpc) is 3.17. The topological polar surface area (TPSA) is 88.4 Å². The third kappa shape index (κ3) is 4.59. The molecule has 3 aromatic rings. The molecule has 2 aromatic carbocycles. The Hall–Kier alpha value is -3.85. The monoisotopic (exact) mass is 494 g/mol. The Morgan fingerprint density at radius 1 is 1.06 bits per heavy atom. The molecule has 0 amide bonds. The molecular weight excluding hydrogens is 468 g/mol. The van der Waals surface area contributed by atoms with E-state index in [2.05, 4.69) is 4.99 Å². The first-order chi connectivity index (χ1) is 16.9. The fourth-order valence-corrected chi connectivity index (χ4v) is 5.04. The number of methoxy groups -OCH3 is 3. The fourth-order valence-electron chi connectivity index (χ4n) is 3.99. The highest BCUT2D eigenvalue weighted by Gasteiger charge is 2.35. The molecule has 4 rings (SSSR count). The van der Waals surface area contributed by atoms with E-state index in [1.807, 2.05) is 24.3 Å². The summed E-state index contributed by atoms with van der Waals surface area (Å²) in [6.45, 7) is 3.67. The van der Waals surface area contributed by atoms with Gasteiger partial charge < -0.3 is 18.9 Å². The zero-order valence-corrected chi connectivity index (χ0v) is 21.0. The summed E-state index contributed by atoms with van der Waals surface area (Å²) < 4.78 is 23.6. The molecule has 1 aliphatic rings. The van der Waals surface area contributed by atoms with Gasteiger partial charge in [-0.3, -0.25) is 9.36 Å². The van der Waals surface area contributed by atoms with Gasteiger partial charge in [-0.15, -0.1) is 0 Å². The van der Waals surface area contributed by atoms with Gasteiger partial charge in [-0.1, -0.05) is 23.5 Å². The van der Waals surface area contributed by atoms with E-state index >= 15 is 0 Å². The Bertz CT molecular complexity index is 1470. The SMILES string of the molecule is CCOC(=O)C1=C(C)N=c2s/c(=C/c3ccc(OC)cc3)c(=O)n2[C@H]1c1cc(OC)ccc1OC. The van der Waals surface area contributed by atoms with Crippen LogP contribution in [0.2, 0.25) is 0 Å². The van der Waals surface area contributed by atoms with Crippen molar-refractivity contribution in [3.8, 4) is 17.2 Å². The summed E-state index contributed by atoms with van der Waals surface area (Å²) in [7, 11) is 4.70. The van der Waals surface area contributed by atoms with Crippen molar-refractivity contribution in [3.05, 3.63) is 84.5 Å². The zero-order chi connectivity index (χ0) is 25.1. The van der Waals surface area contributed by atoms with Crippen molar-refractivity contribution in [3.63, 3.8) is 0 Å². The Labute approximate surface area is 206 Å². The second kappa shape index (κ2) is 10.2. The highest BCUT2D eigenvalue weighted by atomic mass is 32.1. The van der Waals surface area contributed by atoms with Crippen LogP contribution in [-0.2, 0) is 9.53 Å². The number of fused-ring (bicyclic) bond motifs is 1. The first-order valence-corrected chi connectivity index (χ1v) is 11.8. The molecule has 0 unspecified atom stereocenters. The molecule has 1 aromatic heterocycles. The number of aromatic nitrogens is 1. The number of nitrogens with zero attached hydrogens (tertiary/aromatic N) is 2. The summed E-state index contributed by atoms with van der Waals surface area (Å²) in [5.41, 5.74) is 1.93. The second-order valence-electron chi connectivity index (χ2n) is 7.68. The number of allylic oxidation sites excluding steroid dienone is 1. The largest absolute Gasteiger partial charge is 0.497 e. The number of ether oxygens (including phenoxy) is 4. The molecule has 9 heteroatoms. The normalized spacial score (nSPS) is 15.3. The summed E-state index contributed by atoms with van der Waals surface area (Å²) in [6, 6.07) is 11.9. The maximum absolute atomic E-state index is 13.7. The molecule has 0 saturated heterocycles. The van der Waals surface area contributed by atoms with Crippen molar-refractivity contribution in [2.45, 2.75) is 19.9 Å². The Balaban J connectivity index is 1.98. The highest BCUT2D eigenvalue weighted by molar-refractivity contribution is 7.07. The van der Waals surface area contributed by atoms with E-state index in [9.17, 15) is 9.59 Å². The molecule has 35 heavy (non-hydrogen) atoms. The van der Waals surface area contributed by atoms with Crippen LogP contribution in [0.1, 0.15) is 31.0 Å². The maximum atomic E-state index is 13.7. The molecule has 0 aliphatic carbocycles. The van der Waals surface area contributed by atoms with Crippen molar-refractivity contribution in [2.75, 3.05) is 27.9 Å². The van der Waals surface area contributed by atoms with E-state index < -0.39 is 12.0 Å². The van der Waals surface area contributed by atoms with Crippen LogP contribution in [0, 0.1) is 0 Å². The number of hydrogen-bond acceptors (Lipinski definition) is 8. The van der Waals surface area contributed by atoms with E-state index in [0.29, 0.717) is 32.1 Å². The highest BCUT2D eigenvalue weighted by Crippen LogP contribution is 2.37. The van der Waals surface area contributed by atoms with Crippen molar-refractivity contribution in [1.82, 2.24) is 4.57 Å². The van der Waals surface area contributed by atoms with Crippen molar-refractivity contribution in [2.24, 2.45) is 4.99 Å². The first-order valence-electron chi connectivity index (χ1n) is 11.0. The number of rotatable bonds is 7. The van der Waals surface area contributed by atoms with Gasteiger partial charge in [-0.2, -0.15) is 0 Å². The van der Waals surface area contributed by atoms with Crippen LogP contribution in [0.4, 0.5) is 0 Å². The molecule has 1 aliphatic heterocycles. The van der Waals surface area contributed by atoms with E-state index in [-0.39, 0.29) is 17.7 Å². The van der Waals surface area contributed by atoms with Crippen LogP contribution in [0.25, 0.3) is 6.08 Å².